The number of aromatic nitrogens is 4. The van der Waals surface area contributed by atoms with E-state index in [1.165, 1.54) is 6.92 Å². The molecule has 0 aromatic carbocycles. The van der Waals surface area contributed by atoms with Crippen LogP contribution in [0.5, 0.6) is 0 Å². The van der Waals surface area contributed by atoms with Crippen LogP contribution in [0.4, 0.5) is 0 Å². The number of amides is 2. The normalized spacial score (nSPS) is 17.5. The minimum atomic E-state index is -0.0680. The van der Waals surface area contributed by atoms with Crippen LogP contribution < -0.4 is 5.32 Å². The lowest BCUT2D eigenvalue weighted by molar-refractivity contribution is -0.132. The van der Waals surface area contributed by atoms with Crippen molar-refractivity contribution in [2.45, 2.75) is 53.0 Å². The Kier molecular flexibility index (Phi) is 5.43. The molecule has 0 aliphatic carbocycles. The molecular weight excluding hydrogens is 344 g/mol. The minimum Gasteiger partial charge on any atom is -0.354 e. The van der Waals surface area contributed by atoms with E-state index in [1.807, 2.05) is 4.90 Å². The molecule has 8 nitrogen and oxygen atoms in total. The molecule has 3 heterocycles. The third kappa shape index (κ3) is 4.61. The van der Waals surface area contributed by atoms with Crippen LogP contribution in [-0.4, -0.2) is 56.1 Å². The molecule has 1 saturated heterocycles. The van der Waals surface area contributed by atoms with Gasteiger partial charge >= 0.3 is 0 Å². The molecule has 0 bridgehead atoms. The first kappa shape index (κ1) is 19.3. The van der Waals surface area contributed by atoms with Crippen molar-refractivity contribution in [3.05, 3.63) is 18.1 Å². The Hall–Kier alpha value is -2.51. The summed E-state index contributed by atoms with van der Waals surface area (Å²) in [5.74, 6) is 0.294. The highest BCUT2D eigenvalue weighted by atomic mass is 16.2. The predicted octanol–water partition coefficient (Wildman–Crippen LogP) is 1.71. The zero-order valence-corrected chi connectivity index (χ0v) is 16.5. The predicted molar refractivity (Wildman–Crippen MR) is 102 cm³/mol. The van der Waals surface area contributed by atoms with Gasteiger partial charge in [0.25, 0.3) is 0 Å². The first-order chi connectivity index (χ1) is 12.7. The fraction of sp³-hybridized carbons (Fsp3) is 0.632. The van der Waals surface area contributed by atoms with E-state index in [9.17, 15) is 9.59 Å². The first-order valence-electron chi connectivity index (χ1n) is 9.44. The molecule has 1 unspecified atom stereocenters. The van der Waals surface area contributed by atoms with E-state index in [0.29, 0.717) is 26.1 Å². The topological polar surface area (TPSA) is 93.0 Å². The average Bonchev–Trinajstić information content (AvgIpc) is 3.18. The highest BCUT2D eigenvalue weighted by Crippen LogP contribution is 2.31. The molecule has 1 aliphatic heterocycles. The van der Waals surface area contributed by atoms with E-state index in [1.54, 1.807) is 17.1 Å². The van der Waals surface area contributed by atoms with Crippen LogP contribution in [0.1, 0.15) is 52.1 Å². The fourth-order valence-corrected chi connectivity index (χ4v) is 3.47. The second-order valence-electron chi connectivity index (χ2n) is 8.38. The van der Waals surface area contributed by atoms with Gasteiger partial charge in [0, 0.05) is 51.3 Å². The second kappa shape index (κ2) is 7.62. The number of likely N-dealkylation sites (tertiary alicyclic amines) is 1. The lowest BCUT2D eigenvalue weighted by atomic mass is 9.91. The first-order valence-corrected chi connectivity index (χ1v) is 9.44. The maximum absolute atomic E-state index is 12.5. The summed E-state index contributed by atoms with van der Waals surface area (Å²) in [6.07, 6.45) is 4.75. The molecular formula is C19H28N6O2. The lowest BCUT2D eigenvalue weighted by Gasteiger charge is -2.22. The van der Waals surface area contributed by atoms with Crippen molar-refractivity contribution < 1.29 is 9.59 Å². The molecule has 2 amide bonds. The number of rotatable bonds is 5. The fourth-order valence-electron chi connectivity index (χ4n) is 3.47. The van der Waals surface area contributed by atoms with E-state index in [-0.39, 0.29) is 23.1 Å². The Labute approximate surface area is 159 Å². The van der Waals surface area contributed by atoms with Crippen LogP contribution in [0, 0.1) is 5.41 Å². The van der Waals surface area contributed by atoms with Gasteiger partial charge in [0.15, 0.2) is 5.65 Å². The number of nitrogens with zero attached hydrogens (tertiary/aromatic N) is 5. The number of carbonyl (C=O) groups is 2. The van der Waals surface area contributed by atoms with E-state index in [4.69, 9.17) is 5.10 Å². The summed E-state index contributed by atoms with van der Waals surface area (Å²) in [7, 11) is 0. The van der Waals surface area contributed by atoms with E-state index < -0.39 is 0 Å². The van der Waals surface area contributed by atoms with E-state index in [0.717, 1.165) is 29.8 Å². The van der Waals surface area contributed by atoms with Gasteiger partial charge in [0.1, 0.15) is 5.52 Å². The van der Waals surface area contributed by atoms with Gasteiger partial charge in [-0.15, -0.1) is 0 Å². The third-order valence-electron chi connectivity index (χ3n) is 4.70. The standard InChI is InChI=1S/C19H28N6O2/c1-13(26)20-8-10-25-18-17(21-6-7-22-18)16(23-25)14-5-9-24(12-14)15(27)11-19(2,3)4/h6-7,14H,5,8-12H2,1-4H3,(H,20,26). The summed E-state index contributed by atoms with van der Waals surface area (Å²) in [5, 5.41) is 7.52. The summed E-state index contributed by atoms with van der Waals surface area (Å²) >= 11 is 0. The number of nitrogens with one attached hydrogen (secondary N) is 1. The van der Waals surface area contributed by atoms with Crippen LogP contribution in [0.15, 0.2) is 12.4 Å². The summed E-state index contributed by atoms with van der Waals surface area (Å²) in [6.45, 7) is 10.2. The molecule has 1 aliphatic rings. The van der Waals surface area contributed by atoms with Gasteiger partial charge in [-0.1, -0.05) is 20.8 Å². The van der Waals surface area contributed by atoms with Crippen LogP contribution in [0.3, 0.4) is 0 Å². The van der Waals surface area contributed by atoms with Crippen molar-refractivity contribution in [3.8, 4) is 0 Å². The quantitative estimate of drug-likeness (QED) is 0.862. The van der Waals surface area contributed by atoms with Gasteiger partial charge in [0.05, 0.1) is 12.2 Å². The SMILES string of the molecule is CC(=O)NCCn1nc(C2CCN(C(=O)CC(C)(C)C)C2)c2nccnc21. The maximum atomic E-state index is 12.5. The van der Waals surface area contributed by atoms with Crippen molar-refractivity contribution in [1.29, 1.82) is 0 Å². The molecule has 1 N–H and O–H groups in total. The Bertz CT molecular complexity index is 838. The molecule has 8 heteroatoms. The number of hydrogen-bond donors (Lipinski definition) is 1. The number of hydrogen-bond acceptors (Lipinski definition) is 5. The molecule has 1 fully saturated rings. The maximum Gasteiger partial charge on any atom is 0.223 e. The largest absolute Gasteiger partial charge is 0.354 e. The van der Waals surface area contributed by atoms with E-state index in [2.05, 4.69) is 36.1 Å². The zero-order chi connectivity index (χ0) is 19.6. The van der Waals surface area contributed by atoms with Crippen LogP contribution in [0.25, 0.3) is 11.2 Å². The third-order valence-corrected chi connectivity index (χ3v) is 4.70. The Morgan fingerprint density at radius 1 is 1.26 bits per heavy atom. The Morgan fingerprint density at radius 3 is 2.70 bits per heavy atom. The van der Waals surface area contributed by atoms with Gasteiger partial charge in [-0.2, -0.15) is 5.10 Å². The lowest BCUT2D eigenvalue weighted by Crippen LogP contribution is -2.31. The molecule has 3 rings (SSSR count). The smallest absolute Gasteiger partial charge is 0.223 e. The number of carbonyl (C=O) groups excluding carboxylic acids is 2. The molecule has 146 valence electrons. The monoisotopic (exact) mass is 372 g/mol. The van der Waals surface area contributed by atoms with Crippen LogP contribution >= 0.6 is 0 Å². The van der Waals surface area contributed by atoms with Crippen molar-refractivity contribution in [3.63, 3.8) is 0 Å². The molecule has 2 aromatic rings. The van der Waals surface area contributed by atoms with Crippen LogP contribution in [0.2, 0.25) is 0 Å². The van der Waals surface area contributed by atoms with Crippen molar-refractivity contribution >= 4 is 23.0 Å². The number of fused-ring (bicyclic) bond motifs is 1. The summed E-state index contributed by atoms with van der Waals surface area (Å²) < 4.78 is 1.80. The summed E-state index contributed by atoms with van der Waals surface area (Å²) in [4.78, 5) is 34.5. The van der Waals surface area contributed by atoms with Gasteiger partial charge in [0.2, 0.25) is 11.8 Å². The zero-order valence-electron chi connectivity index (χ0n) is 16.5. The highest BCUT2D eigenvalue weighted by molar-refractivity contribution is 5.78. The van der Waals surface area contributed by atoms with Gasteiger partial charge in [-0.3, -0.25) is 9.59 Å². The van der Waals surface area contributed by atoms with Crippen molar-refractivity contribution in [1.82, 2.24) is 30.0 Å². The molecule has 0 saturated carbocycles. The van der Waals surface area contributed by atoms with Crippen LogP contribution in [-0.2, 0) is 16.1 Å². The summed E-state index contributed by atoms with van der Waals surface area (Å²) in [6, 6.07) is 0. The minimum absolute atomic E-state index is 0.0152. The Morgan fingerprint density at radius 2 is 2.00 bits per heavy atom. The average molecular weight is 372 g/mol. The highest BCUT2D eigenvalue weighted by Gasteiger charge is 2.32. The molecule has 1 atom stereocenters. The van der Waals surface area contributed by atoms with Gasteiger partial charge in [-0.05, 0) is 11.8 Å². The summed E-state index contributed by atoms with van der Waals surface area (Å²) in [5.41, 5.74) is 2.39. The van der Waals surface area contributed by atoms with Gasteiger partial charge in [-0.25, -0.2) is 14.6 Å². The molecule has 0 radical (unpaired) electrons. The molecule has 27 heavy (non-hydrogen) atoms. The van der Waals surface area contributed by atoms with Crippen molar-refractivity contribution in [2.75, 3.05) is 19.6 Å². The molecule has 2 aromatic heterocycles. The van der Waals surface area contributed by atoms with E-state index >= 15 is 0 Å². The second-order valence-corrected chi connectivity index (χ2v) is 8.38. The molecule has 0 spiro atoms. The van der Waals surface area contributed by atoms with Crippen molar-refractivity contribution in [2.24, 2.45) is 5.41 Å². The van der Waals surface area contributed by atoms with Gasteiger partial charge < -0.3 is 10.2 Å². The Balaban J connectivity index is 1.77.